The zero-order valence-electron chi connectivity index (χ0n) is 6.72. The first kappa shape index (κ1) is 9.37. The van der Waals surface area contributed by atoms with Crippen molar-refractivity contribution in [1.29, 1.82) is 0 Å². The molecular formula is C8H14O2. The van der Waals surface area contributed by atoms with Crippen molar-refractivity contribution in [1.82, 2.24) is 0 Å². The normalized spacial score (nSPS) is 16.0. The lowest BCUT2D eigenvalue weighted by atomic mass is 10.1. The van der Waals surface area contributed by atoms with Crippen molar-refractivity contribution in [3.8, 4) is 0 Å². The number of hydrogen-bond acceptors (Lipinski definition) is 2. The van der Waals surface area contributed by atoms with Gasteiger partial charge in [-0.2, -0.15) is 0 Å². The Balaban J connectivity index is 4.04. The van der Waals surface area contributed by atoms with E-state index in [-0.39, 0.29) is 6.10 Å². The number of aldehydes is 1. The summed E-state index contributed by atoms with van der Waals surface area (Å²) in [7, 11) is 0. The molecule has 0 saturated carbocycles. The van der Waals surface area contributed by atoms with Crippen LogP contribution >= 0.6 is 0 Å². The molecular weight excluding hydrogens is 128 g/mol. The molecule has 0 amide bonds. The molecule has 0 spiro atoms. The van der Waals surface area contributed by atoms with Crippen LogP contribution in [0.15, 0.2) is 11.1 Å². The number of aliphatic hydroxyl groups is 1. The average Bonchev–Trinajstić information content (AvgIpc) is 1.85. The summed E-state index contributed by atoms with van der Waals surface area (Å²) in [4.78, 5) is 10.2. The van der Waals surface area contributed by atoms with Gasteiger partial charge < -0.3 is 5.11 Å². The molecule has 0 aliphatic rings. The van der Waals surface area contributed by atoms with Gasteiger partial charge in [-0.1, -0.05) is 5.57 Å². The van der Waals surface area contributed by atoms with Crippen LogP contribution in [0.3, 0.4) is 0 Å². The fourth-order valence-corrected chi connectivity index (χ4v) is 0.705. The highest BCUT2D eigenvalue weighted by Crippen LogP contribution is 2.07. The van der Waals surface area contributed by atoms with Crippen molar-refractivity contribution in [3.05, 3.63) is 11.1 Å². The van der Waals surface area contributed by atoms with E-state index >= 15 is 0 Å². The van der Waals surface area contributed by atoms with E-state index in [0.29, 0.717) is 6.42 Å². The van der Waals surface area contributed by atoms with E-state index in [9.17, 15) is 4.79 Å². The van der Waals surface area contributed by atoms with E-state index in [1.165, 1.54) is 0 Å². The van der Waals surface area contributed by atoms with Gasteiger partial charge in [-0.15, -0.1) is 0 Å². The van der Waals surface area contributed by atoms with Gasteiger partial charge in [-0.3, -0.25) is 4.79 Å². The highest BCUT2D eigenvalue weighted by Gasteiger charge is 1.99. The summed E-state index contributed by atoms with van der Waals surface area (Å²) in [5, 5.41) is 8.92. The van der Waals surface area contributed by atoms with E-state index in [0.717, 1.165) is 17.4 Å². The van der Waals surface area contributed by atoms with E-state index in [1.54, 1.807) is 13.8 Å². The Labute approximate surface area is 61.6 Å². The molecule has 0 fully saturated rings. The quantitative estimate of drug-likeness (QED) is 0.476. The average molecular weight is 142 g/mol. The number of carbonyl (C=O) groups excluding carboxylic acids is 1. The Hall–Kier alpha value is -0.630. The Bertz CT molecular complexity index is 145. The van der Waals surface area contributed by atoms with Crippen LogP contribution in [-0.2, 0) is 4.79 Å². The third kappa shape index (κ3) is 3.41. The van der Waals surface area contributed by atoms with Crippen LogP contribution in [0.1, 0.15) is 27.2 Å². The molecule has 0 heterocycles. The fourth-order valence-electron chi connectivity index (χ4n) is 0.705. The molecule has 0 aromatic rings. The van der Waals surface area contributed by atoms with Gasteiger partial charge in [0.05, 0.1) is 6.10 Å². The lowest BCUT2D eigenvalue weighted by Crippen LogP contribution is -2.01. The molecule has 0 saturated heterocycles. The van der Waals surface area contributed by atoms with Crippen LogP contribution in [-0.4, -0.2) is 17.5 Å². The van der Waals surface area contributed by atoms with Crippen molar-refractivity contribution >= 4 is 6.29 Å². The summed E-state index contributed by atoms with van der Waals surface area (Å²) < 4.78 is 0. The van der Waals surface area contributed by atoms with Crippen molar-refractivity contribution in [2.24, 2.45) is 0 Å². The van der Waals surface area contributed by atoms with Crippen LogP contribution in [0, 0.1) is 0 Å². The summed E-state index contributed by atoms with van der Waals surface area (Å²) in [6, 6.07) is 0. The van der Waals surface area contributed by atoms with Gasteiger partial charge in [0, 0.05) is 0 Å². The summed E-state index contributed by atoms with van der Waals surface area (Å²) in [6.45, 7) is 5.32. The third-order valence-electron chi connectivity index (χ3n) is 1.45. The Kier molecular flexibility index (Phi) is 3.96. The molecule has 0 aromatic heterocycles. The lowest BCUT2D eigenvalue weighted by Gasteiger charge is -2.04. The number of hydrogen-bond donors (Lipinski definition) is 1. The molecule has 0 bridgehead atoms. The first-order valence-electron chi connectivity index (χ1n) is 3.37. The number of rotatable bonds is 3. The van der Waals surface area contributed by atoms with Crippen LogP contribution < -0.4 is 0 Å². The fraction of sp³-hybridized carbons (Fsp3) is 0.625. The maximum Gasteiger partial charge on any atom is 0.145 e. The summed E-state index contributed by atoms with van der Waals surface area (Å²) in [5.74, 6) is 0. The summed E-state index contributed by atoms with van der Waals surface area (Å²) >= 11 is 0. The largest absolute Gasteiger partial charge is 0.393 e. The number of carbonyl (C=O) groups is 1. The van der Waals surface area contributed by atoms with Gasteiger partial charge in [0.15, 0.2) is 0 Å². The van der Waals surface area contributed by atoms with E-state index in [4.69, 9.17) is 5.11 Å². The van der Waals surface area contributed by atoms with Gasteiger partial charge in [0.2, 0.25) is 0 Å². The van der Waals surface area contributed by atoms with E-state index in [2.05, 4.69) is 0 Å². The second kappa shape index (κ2) is 4.23. The van der Waals surface area contributed by atoms with Crippen LogP contribution in [0.5, 0.6) is 0 Å². The zero-order chi connectivity index (χ0) is 8.15. The van der Waals surface area contributed by atoms with Crippen LogP contribution in [0.25, 0.3) is 0 Å². The lowest BCUT2D eigenvalue weighted by molar-refractivity contribution is -0.104. The van der Waals surface area contributed by atoms with Crippen molar-refractivity contribution < 1.29 is 9.90 Å². The third-order valence-corrected chi connectivity index (χ3v) is 1.45. The Morgan fingerprint density at radius 2 is 2.10 bits per heavy atom. The van der Waals surface area contributed by atoms with Crippen molar-refractivity contribution in [2.75, 3.05) is 0 Å². The van der Waals surface area contributed by atoms with Gasteiger partial charge in [0.1, 0.15) is 6.29 Å². The van der Waals surface area contributed by atoms with E-state index < -0.39 is 0 Å². The maximum absolute atomic E-state index is 10.2. The standard InChI is InChI=1S/C8H14O2/c1-6(4-8(3)10)7(2)5-9/h5,8,10H,4H2,1-3H3. The van der Waals surface area contributed by atoms with Crippen LogP contribution in [0.2, 0.25) is 0 Å². The SMILES string of the molecule is CC(C=O)=C(C)CC(C)O. The molecule has 0 radical (unpaired) electrons. The topological polar surface area (TPSA) is 37.3 Å². The molecule has 1 atom stereocenters. The molecule has 2 heteroatoms. The molecule has 0 rings (SSSR count). The Morgan fingerprint density at radius 3 is 2.40 bits per heavy atom. The second-order valence-corrected chi connectivity index (χ2v) is 2.63. The summed E-state index contributed by atoms with van der Waals surface area (Å²) in [6.07, 6.45) is 1.05. The molecule has 10 heavy (non-hydrogen) atoms. The molecule has 0 aliphatic heterocycles. The van der Waals surface area contributed by atoms with Crippen molar-refractivity contribution in [2.45, 2.75) is 33.3 Å². The predicted octanol–water partition coefficient (Wildman–Crippen LogP) is 1.29. The monoisotopic (exact) mass is 142 g/mol. The first-order valence-corrected chi connectivity index (χ1v) is 3.37. The minimum atomic E-state index is -0.352. The molecule has 58 valence electrons. The Morgan fingerprint density at radius 1 is 1.60 bits per heavy atom. The molecule has 2 nitrogen and oxygen atoms in total. The minimum absolute atomic E-state index is 0.352. The van der Waals surface area contributed by atoms with Gasteiger partial charge in [-0.25, -0.2) is 0 Å². The maximum atomic E-state index is 10.2. The van der Waals surface area contributed by atoms with Gasteiger partial charge in [0.25, 0.3) is 0 Å². The summed E-state index contributed by atoms with van der Waals surface area (Å²) in [5.41, 5.74) is 1.69. The minimum Gasteiger partial charge on any atom is -0.393 e. The number of aliphatic hydroxyl groups excluding tert-OH is 1. The van der Waals surface area contributed by atoms with Crippen LogP contribution in [0.4, 0.5) is 0 Å². The first-order chi connectivity index (χ1) is 4.57. The predicted molar refractivity (Wildman–Crippen MR) is 40.7 cm³/mol. The highest BCUT2D eigenvalue weighted by atomic mass is 16.3. The smallest absolute Gasteiger partial charge is 0.145 e. The van der Waals surface area contributed by atoms with Crippen molar-refractivity contribution in [3.63, 3.8) is 0 Å². The molecule has 1 unspecified atom stereocenters. The van der Waals surface area contributed by atoms with Gasteiger partial charge >= 0.3 is 0 Å². The second-order valence-electron chi connectivity index (χ2n) is 2.63. The molecule has 0 aliphatic carbocycles. The molecule has 0 aromatic carbocycles. The number of allylic oxidation sites excluding steroid dienone is 1. The van der Waals surface area contributed by atoms with E-state index in [1.807, 2.05) is 6.92 Å². The van der Waals surface area contributed by atoms with Gasteiger partial charge in [-0.05, 0) is 32.8 Å². The zero-order valence-corrected chi connectivity index (χ0v) is 6.72. The highest BCUT2D eigenvalue weighted by molar-refractivity contribution is 5.73. The molecule has 1 N–H and O–H groups in total.